The Kier molecular flexibility index (Phi) is 3.92. The Morgan fingerprint density at radius 2 is 1.95 bits per heavy atom. The molecule has 0 spiro atoms. The standard InChI is InChI=1S/C16H22N2O/c1-4-12-19-16(5-1)13-17-14-6-8-15(9-7-14)18-10-2-3-11-18/h4,6-9,12,16-17H,1-3,5,10-11,13H2. The summed E-state index contributed by atoms with van der Waals surface area (Å²) in [6.07, 6.45) is 9.10. The summed E-state index contributed by atoms with van der Waals surface area (Å²) in [5, 5.41) is 3.45. The second-order valence-corrected chi connectivity index (χ2v) is 5.33. The highest BCUT2D eigenvalue weighted by atomic mass is 16.5. The molecule has 3 heteroatoms. The number of hydrogen-bond donors (Lipinski definition) is 1. The molecule has 102 valence electrons. The molecule has 2 aliphatic rings. The Bertz CT molecular complexity index is 421. The Balaban J connectivity index is 1.52. The minimum absolute atomic E-state index is 0.309. The molecule has 3 nitrogen and oxygen atoms in total. The molecule has 0 saturated carbocycles. The summed E-state index contributed by atoms with van der Waals surface area (Å²) in [7, 11) is 0. The van der Waals surface area contributed by atoms with Crippen LogP contribution in [0.5, 0.6) is 0 Å². The first-order valence-corrected chi connectivity index (χ1v) is 7.31. The van der Waals surface area contributed by atoms with E-state index in [1.165, 1.54) is 37.3 Å². The normalized spacial score (nSPS) is 22.3. The van der Waals surface area contributed by atoms with Crippen molar-refractivity contribution < 1.29 is 4.74 Å². The molecule has 0 radical (unpaired) electrons. The van der Waals surface area contributed by atoms with Gasteiger partial charge in [0, 0.05) is 24.5 Å². The van der Waals surface area contributed by atoms with Crippen molar-refractivity contribution in [2.24, 2.45) is 0 Å². The number of ether oxygens (including phenoxy) is 1. The van der Waals surface area contributed by atoms with E-state index < -0.39 is 0 Å². The number of rotatable bonds is 4. The lowest BCUT2D eigenvalue weighted by atomic mass is 10.1. The summed E-state index contributed by atoms with van der Waals surface area (Å²) in [6, 6.07) is 8.78. The topological polar surface area (TPSA) is 24.5 Å². The van der Waals surface area contributed by atoms with Crippen LogP contribution in [-0.4, -0.2) is 25.7 Å². The first kappa shape index (κ1) is 12.4. The molecule has 0 aliphatic carbocycles. The van der Waals surface area contributed by atoms with Crippen LogP contribution in [0.2, 0.25) is 0 Å². The van der Waals surface area contributed by atoms with Crippen LogP contribution in [0.15, 0.2) is 36.6 Å². The fraction of sp³-hybridized carbons (Fsp3) is 0.500. The lowest BCUT2D eigenvalue weighted by Crippen LogP contribution is -2.23. The van der Waals surface area contributed by atoms with Crippen molar-refractivity contribution in [2.75, 3.05) is 29.9 Å². The average molecular weight is 258 g/mol. The van der Waals surface area contributed by atoms with Crippen molar-refractivity contribution >= 4 is 11.4 Å². The molecule has 2 heterocycles. The summed E-state index contributed by atoms with van der Waals surface area (Å²) < 4.78 is 5.55. The van der Waals surface area contributed by atoms with Gasteiger partial charge in [-0.3, -0.25) is 0 Å². The van der Waals surface area contributed by atoms with Crippen molar-refractivity contribution in [1.29, 1.82) is 0 Å². The van der Waals surface area contributed by atoms with Gasteiger partial charge in [0.05, 0.1) is 12.8 Å². The zero-order valence-corrected chi connectivity index (χ0v) is 11.3. The second-order valence-electron chi connectivity index (χ2n) is 5.33. The van der Waals surface area contributed by atoms with Gasteiger partial charge in [0.15, 0.2) is 0 Å². The van der Waals surface area contributed by atoms with Crippen LogP contribution in [0.1, 0.15) is 25.7 Å². The van der Waals surface area contributed by atoms with E-state index in [1.54, 1.807) is 0 Å². The maximum atomic E-state index is 5.55. The van der Waals surface area contributed by atoms with Gasteiger partial charge in [0.25, 0.3) is 0 Å². The highest BCUT2D eigenvalue weighted by Crippen LogP contribution is 2.22. The average Bonchev–Trinajstić information content (AvgIpc) is 3.01. The molecule has 0 amide bonds. The van der Waals surface area contributed by atoms with Gasteiger partial charge < -0.3 is 15.0 Å². The fourth-order valence-corrected chi connectivity index (χ4v) is 2.73. The number of anilines is 2. The SMILES string of the molecule is C1=COC(CNc2ccc(N3CCCC3)cc2)CC1. The first-order valence-electron chi connectivity index (χ1n) is 7.31. The zero-order valence-electron chi connectivity index (χ0n) is 11.3. The second kappa shape index (κ2) is 6.00. The quantitative estimate of drug-likeness (QED) is 0.896. The van der Waals surface area contributed by atoms with Gasteiger partial charge in [-0.15, -0.1) is 0 Å². The van der Waals surface area contributed by atoms with Gasteiger partial charge in [0.2, 0.25) is 0 Å². The van der Waals surface area contributed by atoms with Crippen molar-refractivity contribution in [2.45, 2.75) is 31.8 Å². The molecule has 1 aromatic rings. The molecular formula is C16H22N2O. The molecule has 1 aromatic carbocycles. The molecular weight excluding hydrogens is 236 g/mol. The van der Waals surface area contributed by atoms with Crippen LogP contribution < -0.4 is 10.2 Å². The van der Waals surface area contributed by atoms with Gasteiger partial charge >= 0.3 is 0 Å². The minimum atomic E-state index is 0.309. The number of nitrogens with one attached hydrogen (secondary N) is 1. The minimum Gasteiger partial charge on any atom is -0.497 e. The summed E-state index contributed by atoms with van der Waals surface area (Å²) in [5.74, 6) is 0. The van der Waals surface area contributed by atoms with Crippen molar-refractivity contribution in [1.82, 2.24) is 0 Å². The molecule has 1 fully saturated rings. The Morgan fingerprint density at radius 1 is 1.16 bits per heavy atom. The van der Waals surface area contributed by atoms with E-state index in [0.29, 0.717) is 6.10 Å². The molecule has 1 unspecified atom stereocenters. The van der Waals surface area contributed by atoms with Crippen LogP contribution in [0.25, 0.3) is 0 Å². The monoisotopic (exact) mass is 258 g/mol. The van der Waals surface area contributed by atoms with Crippen LogP contribution >= 0.6 is 0 Å². The van der Waals surface area contributed by atoms with Gasteiger partial charge in [0.1, 0.15) is 6.10 Å². The van der Waals surface area contributed by atoms with Gasteiger partial charge in [-0.2, -0.15) is 0 Å². The Labute approximate surface area is 115 Å². The van der Waals surface area contributed by atoms with Crippen LogP contribution in [0.3, 0.4) is 0 Å². The number of allylic oxidation sites excluding steroid dienone is 1. The van der Waals surface area contributed by atoms with Gasteiger partial charge in [-0.05, 0) is 56.0 Å². The fourth-order valence-electron chi connectivity index (χ4n) is 2.73. The van der Waals surface area contributed by atoms with Crippen LogP contribution in [0.4, 0.5) is 11.4 Å². The van der Waals surface area contributed by atoms with Crippen LogP contribution in [0, 0.1) is 0 Å². The van der Waals surface area contributed by atoms with E-state index >= 15 is 0 Å². The molecule has 1 N–H and O–H groups in total. The van der Waals surface area contributed by atoms with Crippen LogP contribution in [-0.2, 0) is 4.74 Å². The largest absolute Gasteiger partial charge is 0.497 e. The zero-order chi connectivity index (χ0) is 12.9. The van der Waals surface area contributed by atoms with Gasteiger partial charge in [-0.1, -0.05) is 0 Å². The first-order chi connectivity index (χ1) is 9.42. The Hall–Kier alpha value is -1.64. The highest BCUT2D eigenvalue weighted by molar-refractivity contribution is 5.55. The van der Waals surface area contributed by atoms with Gasteiger partial charge in [-0.25, -0.2) is 0 Å². The molecule has 0 bridgehead atoms. The molecule has 19 heavy (non-hydrogen) atoms. The predicted molar refractivity (Wildman–Crippen MR) is 79.6 cm³/mol. The highest BCUT2D eigenvalue weighted by Gasteiger charge is 2.12. The summed E-state index contributed by atoms with van der Waals surface area (Å²) in [4.78, 5) is 2.46. The van der Waals surface area contributed by atoms with E-state index in [-0.39, 0.29) is 0 Å². The van der Waals surface area contributed by atoms with E-state index in [1.807, 2.05) is 6.26 Å². The number of benzene rings is 1. The van der Waals surface area contributed by atoms with E-state index in [4.69, 9.17) is 4.74 Å². The van der Waals surface area contributed by atoms with Crippen molar-refractivity contribution in [3.05, 3.63) is 36.6 Å². The summed E-state index contributed by atoms with van der Waals surface area (Å²) >= 11 is 0. The third kappa shape index (κ3) is 3.22. The number of nitrogens with zero attached hydrogens (tertiary/aromatic N) is 1. The predicted octanol–water partition coefficient (Wildman–Crippen LogP) is 3.39. The van der Waals surface area contributed by atoms with Crippen molar-refractivity contribution in [3.63, 3.8) is 0 Å². The summed E-state index contributed by atoms with van der Waals surface area (Å²) in [6.45, 7) is 3.29. The molecule has 3 rings (SSSR count). The summed E-state index contributed by atoms with van der Waals surface area (Å²) in [5.41, 5.74) is 2.53. The maximum Gasteiger partial charge on any atom is 0.115 e. The molecule has 0 aromatic heterocycles. The molecule has 1 atom stereocenters. The lowest BCUT2D eigenvalue weighted by Gasteiger charge is -2.21. The maximum absolute atomic E-state index is 5.55. The molecule has 2 aliphatic heterocycles. The van der Waals surface area contributed by atoms with E-state index in [2.05, 4.69) is 40.6 Å². The lowest BCUT2D eigenvalue weighted by molar-refractivity contribution is 0.135. The van der Waals surface area contributed by atoms with Crippen molar-refractivity contribution in [3.8, 4) is 0 Å². The van der Waals surface area contributed by atoms with E-state index in [9.17, 15) is 0 Å². The smallest absolute Gasteiger partial charge is 0.115 e. The third-order valence-corrected chi connectivity index (χ3v) is 3.89. The Morgan fingerprint density at radius 3 is 2.63 bits per heavy atom. The number of hydrogen-bond acceptors (Lipinski definition) is 3. The van der Waals surface area contributed by atoms with E-state index in [0.717, 1.165) is 19.4 Å². The third-order valence-electron chi connectivity index (χ3n) is 3.89. The molecule has 1 saturated heterocycles.